The van der Waals surface area contributed by atoms with Crippen molar-refractivity contribution in [3.63, 3.8) is 0 Å². The van der Waals surface area contributed by atoms with E-state index in [9.17, 15) is 0 Å². The zero-order valence-corrected chi connectivity index (χ0v) is 22.6. The van der Waals surface area contributed by atoms with E-state index in [4.69, 9.17) is 0 Å². The summed E-state index contributed by atoms with van der Waals surface area (Å²) in [6.07, 6.45) is 18.4. The standard InChI is InChI=1S/C26H54Si2/c1-8-19-27(20-9-2,21-10-3)25-17-15-16-18-26(14-7)28(22-11-4,23-12-5)24-13-6/h14-15,17,26H,7-13,16,18-25H2,1-6H3/b17-15+. The molecule has 0 N–H and O–H groups in total. The van der Waals surface area contributed by atoms with E-state index < -0.39 is 16.1 Å². The highest BCUT2D eigenvalue weighted by molar-refractivity contribution is 6.81. The fraction of sp³-hybridized carbons (Fsp3) is 0.846. The molecule has 0 spiro atoms. The van der Waals surface area contributed by atoms with Gasteiger partial charge in [0.15, 0.2) is 0 Å². The molecule has 1 unspecified atom stereocenters. The average molecular weight is 423 g/mol. The normalized spacial score (nSPS) is 13.9. The minimum atomic E-state index is -1.20. The largest absolute Gasteiger partial charge is 0.103 e. The van der Waals surface area contributed by atoms with Crippen LogP contribution >= 0.6 is 0 Å². The van der Waals surface area contributed by atoms with E-state index in [-0.39, 0.29) is 0 Å². The third-order valence-corrected chi connectivity index (χ3v) is 19.4. The van der Waals surface area contributed by atoms with Gasteiger partial charge >= 0.3 is 0 Å². The lowest BCUT2D eigenvalue weighted by Gasteiger charge is -2.38. The topological polar surface area (TPSA) is 0 Å². The summed E-state index contributed by atoms with van der Waals surface area (Å²) in [6.45, 7) is 18.7. The summed E-state index contributed by atoms with van der Waals surface area (Å²) >= 11 is 0. The Hall–Kier alpha value is -0.0862. The van der Waals surface area contributed by atoms with Crippen LogP contribution in [0, 0.1) is 0 Å². The van der Waals surface area contributed by atoms with Gasteiger partial charge in [0.25, 0.3) is 0 Å². The Balaban J connectivity index is 4.98. The smallest absolute Gasteiger partial charge is 0.0604 e. The Morgan fingerprint density at radius 3 is 1.43 bits per heavy atom. The molecule has 0 saturated heterocycles. The molecular formula is C26H54Si2. The van der Waals surface area contributed by atoms with Crippen LogP contribution in [0.2, 0.25) is 47.8 Å². The van der Waals surface area contributed by atoms with Gasteiger partial charge in [-0.05, 0) is 24.4 Å². The number of allylic oxidation sites excluding steroid dienone is 3. The number of rotatable bonds is 19. The molecular weight excluding hydrogens is 368 g/mol. The average Bonchev–Trinajstić information content (AvgIpc) is 2.66. The predicted octanol–water partition coefficient (Wildman–Crippen LogP) is 10.2. The van der Waals surface area contributed by atoms with Crippen LogP contribution in [0.5, 0.6) is 0 Å². The lowest BCUT2D eigenvalue weighted by atomic mass is 10.2. The van der Waals surface area contributed by atoms with Crippen molar-refractivity contribution in [3.05, 3.63) is 24.8 Å². The lowest BCUT2D eigenvalue weighted by molar-refractivity contribution is 0.782. The minimum absolute atomic E-state index is 0.820. The molecule has 0 radical (unpaired) electrons. The highest BCUT2D eigenvalue weighted by Gasteiger charge is 2.36. The molecule has 28 heavy (non-hydrogen) atoms. The maximum atomic E-state index is 4.30. The first-order valence-electron chi connectivity index (χ1n) is 12.8. The molecule has 0 aromatic rings. The van der Waals surface area contributed by atoms with Gasteiger partial charge < -0.3 is 0 Å². The highest BCUT2D eigenvalue weighted by atomic mass is 28.3. The fourth-order valence-electron chi connectivity index (χ4n) is 6.10. The molecule has 0 rings (SSSR count). The van der Waals surface area contributed by atoms with Gasteiger partial charge in [0.2, 0.25) is 0 Å². The van der Waals surface area contributed by atoms with Gasteiger partial charge in [-0.1, -0.05) is 135 Å². The van der Waals surface area contributed by atoms with Crippen LogP contribution in [-0.2, 0) is 0 Å². The van der Waals surface area contributed by atoms with Crippen molar-refractivity contribution in [1.82, 2.24) is 0 Å². The summed E-state index contributed by atoms with van der Waals surface area (Å²) in [5, 5.41) is 0. The van der Waals surface area contributed by atoms with Crippen molar-refractivity contribution >= 4 is 16.1 Å². The van der Waals surface area contributed by atoms with Crippen LogP contribution < -0.4 is 0 Å². The monoisotopic (exact) mass is 422 g/mol. The van der Waals surface area contributed by atoms with E-state index in [1.54, 1.807) is 0 Å². The fourth-order valence-corrected chi connectivity index (χ4v) is 17.4. The summed E-state index contributed by atoms with van der Waals surface area (Å²) in [5.74, 6) is 0. The Kier molecular flexibility index (Phi) is 16.6. The van der Waals surface area contributed by atoms with Gasteiger partial charge in [-0.25, -0.2) is 0 Å². The second-order valence-electron chi connectivity index (χ2n) is 9.46. The molecule has 0 aromatic heterocycles. The summed E-state index contributed by atoms with van der Waals surface area (Å²) < 4.78 is 0. The van der Waals surface area contributed by atoms with Gasteiger partial charge in [0.05, 0.1) is 16.1 Å². The van der Waals surface area contributed by atoms with E-state index in [0.717, 1.165) is 5.54 Å². The molecule has 0 saturated carbocycles. The van der Waals surface area contributed by atoms with Gasteiger partial charge in [-0.15, -0.1) is 6.58 Å². The van der Waals surface area contributed by atoms with E-state index in [0.29, 0.717) is 0 Å². The molecule has 0 aromatic carbocycles. The van der Waals surface area contributed by atoms with Gasteiger partial charge in [-0.2, -0.15) is 0 Å². The first-order valence-corrected chi connectivity index (χ1v) is 18.3. The number of hydrogen-bond donors (Lipinski definition) is 0. The minimum Gasteiger partial charge on any atom is -0.103 e. The van der Waals surface area contributed by atoms with Crippen LogP contribution in [-0.4, -0.2) is 16.1 Å². The van der Waals surface area contributed by atoms with E-state index in [1.807, 2.05) is 0 Å². The van der Waals surface area contributed by atoms with Crippen molar-refractivity contribution in [2.45, 2.75) is 141 Å². The Bertz CT molecular complexity index is 365. The maximum Gasteiger partial charge on any atom is 0.0604 e. The third kappa shape index (κ3) is 9.61. The van der Waals surface area contributed by atoms with E-state index in [2.05, 4.69) is 66.3 Å². The van der Waals surface area contributed by atoms with Crippen molar-refractivity contribution in [1.29, 1.82) is 0 Å². The summed E-state index contributed by atoms with van der Waals surface area (Å²) in [4.78, 5) is 0. The predicted molar refractivity (Wildman–Crippen MR) is 139 cm³/mol. The first-order chi connectivity index (χ1) is 13.5. The molecule has 2 heteroatoms. The Morgan fingerprint density at radius 2 is 1.07 bits per heavy atom. The molecule has 0 bridgehead atoms. The summed E-state index contributed by atoms with van der Waals surface area (Å²) in [5.41, 5.74) is 0.820. The lowest BCUT2D eigenvalue weighted by Crippen LogP contribution is -2.38. The van der Waals surface area contributed by atoms with Crippen LogP contribution in [0.1, 0.15) is 92.9 Å². The zero-order valence-electron chi connectivity index (χ0n) is 20.6. The summed E-state index contributed by atoms with van der Waals surface area (Å²) in [6, 6.07) is 10.6. The molecule has 0 heterocycles. The Labute approximate surface area is 181 Å². The van der Waals surface area contributed by atoms with Crippen LogP contribution in [0.15, 0.2) is 24.8 Å². The van der Waals surface area contributed by atoms with Gasteiger partial charge in [-0.3, -0.25) is 0 Å². The van der Waals surface area contributed by atoms with Crippen LogP contribution in [0.4, 0.5) is 0 Å². The second kappa shape index (κ2) is 16.7. The molecule has 0 fully saturated rings. The second-order valence-corrected chi connectivity index (χ2v) is 19.3. The van der Waals surface area contributed by atoms with Crippen molar-refractivity contribution in [2.75, 3.05) is 0 Å². The van der Waals surface area contributed by atoms with Crippen molar-refractivity contribution < 1.29 is 0 Å². The highest BCUT2D eigenvalue weighted by Crippen LogP contribution is 2.40. The molecule has 0 aliphatic carbocycles. The Morgan fingerprint density at radius 1 is 0.643 bits per heavy atom. The molecule has 166 valence electrons. The third-order valence-electron chi connectivity index (χ3n) is 7.02. The van der Waals surface area contributed by atoms with E-state index >= 15 is 0 Å². The van der Waals surface area contributed by atoms with Crippen LogP contribution in [0.3, 0.4) is 0 Å². The quantitative estimate of drug-likeness (QED) is 0.143. The molecule has 0 nitrogen and oxygen atoms in total. The zero-order chi connectivity index (χ0) is 21.3. The van der Waals surface area contributed by atoms with Crippen LogP contribution in [0.25, 0.3) is 0 Å². The summed E-state index contributed by atoms with van der Waals surface area (Å²) in [7, 11) is -2.26. The van der Waals surface area contributed by atoms with E-state index in [1.165, 1.54) is 93.7 Å². The molecule has 0 amide bonds. The maximum absolute atomic E-state index is 4.30. The molecule has 0 aliphatic rings. The number of hydrogen-bond acceptors (Lipinski definition) is 0. The SMILES string of the molecule is C=CC(CC/C=C/C[Si](CCC)(CCC)CCC)[Si](CCC)(CCC)CCC. The first kappa shape index (κ1) is 27.9. The van der Waals surface area contributed by atoms with Crippen molar-refractivity contribution in [3.8, 4) is 0 Å². The van der Waals surface area contributed by atoms with Crippen molar-refractivity contribution in [2.24, 2.45) is 0 Å². The molecule has 1 atom stereocenters. The molecule has 0 aliphatic heterocycles. The van der Waals surface area contributed by atoms with Gasteiger partial charge in [0, 0.05) is 0 Å². The van der Waals surface area contributed by atoms with Gasteiger partial charge in [0.1, 0.15) is 0 Å².